The number of halogens is 1. The fourth-order valence-corrected chi connectivity index (χ4v) is 0.905. The Balaban J connectivity index is 2.60. The van der Waals surface area contributed by atoms with Gasteiger partial charge in [0.25, 0.3) is 11.8 Å². The minimum atomic E-state index is -0.273. The van der Waals surface area contributed by atoms with Crippen LogP contribution in [-0.2, 0) is 9.59 Å². The van der Waals surface area contributed by atoms with Gasteiger partial charge in [0.1, 0.15) is 0 Å². The third kappa shape index (κ3) is 1.19. The lowest BCUT2D eigenvalue weighted by Crippen LogP contribution is -2.31. The predicted octanol–water partition coefficient (Wildman–Crippen LogP) is 0.150. The van der Waals surface area contributed by atoms with Gasteiger partial charge in [-0.1, -0.05) is 0 Å². The van der Waals surface area contributed by atoms with Gasteiger partial charge < -0.3 is 0 Å². The van der Waals surface area contributed by atoms with Crippen molar-refractivity contribution in [3.63, 3.8) is 0 Å². The first-order valence-electron chi connectivity index (χ1n) is 2.85. The fourth-order valence-electron chi connectivity index (χ4n) is 0.736. The number of alkyl halides is 1. The third-order valence-electron chi connectivity index (χ3n) is 1.21. The zero-order valence-corrected chi connectivity index (χ0v) is 5.97. The fraction of sp³-hybridized carbons (Fsp3) is 0.333. The molecule has 1 rings (SSSR count). The van der Waals surface area contributed by atoms with Crippen LogP contribution in [0.25, 0.3) is 0 Å². The number of rotatable bonds is 2. The predicted molar refractivity (Wildman–Crippen MR) is 36.6 cm³/mol. The van der Waals surface area contributed by atoms with E-state index in [1.807, 2.05) is 0 Å². The molecule has 54 valence electrons. The summed E-state index contributed by atoms with van der Waals surface area (Å²) in [5.41, 5.74) is 0. The molecule has 0 saturated carbocycles. The second-order valence-corrected chi connectivity index (χ2v) is 2.23. The third-order valence-corrected chi connectivity index (χ3v) is 1.38. The van der Waals surface area contributed by atoms with Crippen LogP contribution in [0.5, 0.6) is 0 Å². The maximum absolute atomic E-state index is 10.7. The minimum Gasteiger partial charge on any atom is -0.274 e. The summed E-state index contributed by atoms with van der Waals surface area (Å²) in [7, 11) is 0. The maximum Gasteiger partial charge on any atom is 0.253 e. The Morgan fingerprint density at radius 3 is 2.20 bits per heavy atom. The molecule has 0 bridgehead atoms. The lowest BCUT2D eigenvalue weighted by molar-refractivity contribution is -0.136. The van der Waals surface area contributed by atoms with Gasteiger partial charge >= 0.3 is 0 Å². The molecule has 0 radical (unpaired) electrons. The van der Waals surface area contributed by atoms with Crippen molar-refractivity contribution in [3.8, 4) is 0 Å². The Hall–Kier alpha value is -0.830. The molecule has 1 aliphatic rings. The average molecular weight is 160 g/mol. The second-order valence-electron chi connectivity index (χ2n) is 1.85. The van der Waals surface area contributed by atoms with Crippen LogP contribution >= 0.6 is 11.6 Å². The number of hydrogen-bond donors (Lipinski definition) is 0. The van der Waals surface area contributed by atoms with Gasteiger partial charge in [-0.2, -0.15) is 0 Å². The Bertz CT molecular complexity index is 182. The molecular formula is C6H6ClNO2. The molecular weight excluding hydrogens is 154 g/mol. The largest absolute Gasteiger partial charge is 0.274 e. The van der Waals surface area contributed by atoms with Crippen molar-refractivity contribution in [1.82, 2.24) is 4.90 Å². The van der Waals surface area contributed by atoms with E-state index in [0.717, 1.165) is 4.90 Å². The van der Waals surface area contributed by atoms with Gasteiger partial charge in [-0.15, -0.1) is 11.6 Å². The van der Waals surface area contributed by atoms with E-state index in [0.29, 0.717) is 12.4 Å². The summed E-state index contributed by atoms with van der Waals surface area (Å²) in [6, 6.07) is 0. The van der Waals surface area contributed by atoms with Gasteiger partial charge in [-0.3, -0.25) is 14.5 Å². The van der Waals surface area contributed by atoms with Crippen LogP contribution in [0.4, 0.5) is 0 Å². The summed E-state index contributed by atoms with van der Waals surface area (Å²) >= 11 is 5.34. The summed E-state index contributed by atoms with van der Waals surface area (Å²) in [5, 5.41) is 0. The summed E-state index contributed by atoms with van der Waals surface area (Å²) < 4.78 is 0. The van der Waals surface area contributed by atoms with E-state index in [1.165, 1.54) is 12.2 Å². The van der Waals surface area contributed by atoms with Crippen molar-refractivity contribution in [1.29, 1.82) is 0 Å². The first-order valence-corrected chi connectivity index (χ1v) is 3.38. The van der Waals surface area contributed by atoms with Gasteiger partial charge in [0.15, 0.2) is 0 Å². The van der Waals surface area contributed by atoms with Gasteiger partial charge in [0, 0.05) is 24.6 Å². The molecule has 2 amide bonds. The van der Waals surface area contributed by atoms with Crippen molar-refractivity contribution in [2.24, 2.45) is 0 Å². The molecule has 3 nitrogen and oxygen atoms in total. The van der Waals surface area contributed by atoms with E-state index in [-0.39, 0.29) is 11.8 Å². The van der Waals surface area contributed by atoms with Gasteiger partial charge in [-0.05, 0) is 0 Å². The first-order chi connectivity index (χ1) is 4.75. The number of carbonyl (C=O) groups excluding carboxylic acids is 2. The quantitative estimate of drug-likeness (QED) is 0.425. The van der Waals surface area contributed by atoms with Crippen molar-refractivity contribution in [2.45, 2.75) is 0 Å². The Morgan fingerprint density at radius 2 is 1.80 bits per heavy atom. The summed E-state index contributed by atoms with van der Waals surface area (Å²) in [6.07, 6.45) is 2.49. The van der Waals surface area contributed by atoms with Crippen LogP contribution in [0.2, 0.25) is 0 Å². The van der Waals surface area contributed by atoms with Crippen molar-refractivity contribution < 1.29 is 9.59 Å². The Morgan fingerprint density at radius 1 is 1.30 bits per heavy atom. The number of imide groups is 1. The topological polar surface area (TPSA) is 37.4 Å². The van der Waals surface area contributed by atoms with Gasteiger partial charge in [0.05, 0.1) is 0 Å². The summed E-state index contributed by atoms with van der Waals surface area (Å²) in [5.74, 6) is -0.254. The zero-order valence-electron chi connectivity index (χ0n) is 5.21. The molecule has 0 saturated heterocycles. The minimum absolute atomic E-state index is 0.273. The van der Waals surface area contributed by atoms with E-state index in [1.54, 1.807) is 0 Å². The molecule has 0 aliphatic carbocycles. The van der Waals surface area contributed by atoms with Crippen LogP contribution < -0.4 is 0 Å². The number of carbonyl (C=O) groups is 2. The van der Waals surface area contributed by atoms with Gasteiger partial charge in [-0.25, -0.2) is 0 Å². The smallest absolute Gasteiger partial charge is 0.253 e. The highest BCUT2D eigenvalue weighted by molar-refractivity contribution is 6.19. The standard InChI is InChI=1S/C6H6ClNO2/c7-3-4-8-5(9)1-2-6(8)10/h1-2H,3-4H2. The highest BCUT2D eigenvalue weighted by Crippen LogP contribution is 2.02. The van der Waals surface area contributed by atoms with Crippen LogP contribution in [0.1, 0.15) is 0 Å². The number of nitrogens with zero attached hydrogens (tertiary/aromatic N) is 1. The molecule has 0 aromatic rings. The van der Waals surface area contributed by atoms with Crippen molar-refractivity contribution in [2.75, 3.05) is 12.4 Å². The van der Waals surface area contributed by atoms with Crippen LogP contribution in [0.3, 0.4) is 0 Å². The van der Waals surface area contributed by atoms with E-state index in [4.69, 9.17) is 11.6 Å². The lowest BCUT2D eigenvalue weighted by Gasteiger charge is -2.09. The highest BCUT2D eigenvalue weighted by atomic mass is 35.5. The monoisotopic (exact) mass is 159 g/mol. The SMILES string of the molecule is O=C1C=CC(=O)N1CCCl. The molecule has 10 heavy (non-hydrogen) atoms. The van der Waals surface area contributed by atoms with E-state index in [2.05, 4.69) is 0 Å². The molecule has 1 heterocycles. The molecule has 0 fully saturated rings. The lowest BCUT2D eigenvalue weighted by atomic mass is 10.5. The van der Waals surface area contributed by atoms with Crippen LogP contribution in [0.15, 0.2) is 12.2 Å². The normalized spacial score (nSPS) is 17.1. The molecule has 0 aromatic carbocycles. The van der Waals surface area contributed by atoms with Gasteiger partial charge in [0.2, 0.25) is 0 Å². The second kappa shape index (κ2) is 2.84. The summed E-state index contributed by atoms with van der Waals surface area (Å²) in [4.78, 5) is 22.6. The van der Waals surface area contributed by atoms with E-state index >= 15 is 0 Å². The molecule has 0 aromatic heterocycles. The number of hydrogen-bond acceptors (Lipinski definition) is 2. The van der Waals surface area contributed by atoms with Crippen molar-refractivity contribution >= 4 is 23.4 Å². The average Bonchev–Trinajstić information content (AvgIpc) is 2.20. The zero-order chi connectivity index (χ0) is 7.56. The number of amides is 2. The molecule has 0 spiro atoms. The molecule has 4 heteroatoms. The van der Waals surface area contributed by atoms with Crippen LogP contribution in [0, 0.1) is 0 Å². The first kappa shape index (κ1) is 7.28. The molecule has 0 atom stereocenters. The van der Waals surface area contributed by atoms with Crippen molar-refractivity contribution in [3.05, 3.63) is 12.2 Å². The molecule has 0 unspecified atom stereocenters. The van der Waals surface area contributed by atoms with E-state index < -0.39 is 0 Å². The maximum atomic E-state index is 10.7. The molecule has 0 N–H and O–H groups in total. The molecule has 1 aliphatic heterocycles. The Kier molecular flexibility index (Phi) is 2.06. The highest BCUT2D eigenvalue weighted by Gasteiger charge is 2.21. The Labute approximate surface area is 63.3 Å². The summed E-state index contributed by atoms with van der Waals surface area (Å²) in [6.45, 7) is 0.298. The van der Waals surface area contributed by atoms with E-state index in [9.17, 15) is 9.59 Å². The van der Waals surface area contributed by atoms with Crippen LogP contribution in [-0.4, -0.2) is 29.1 Å².